The standard InChI is InChI=1S/C34H38ClFN4O5/c1-34(2,3)45-33(42)22-7-9-28-29(17-22)40(19-26-12-16-43-26)31(37-28)20-38-14-10-25(11-15-38)39-13-4-5-30(32(39)41)44-21-23-6-8-24(35)18-27(23)36/h4-10,13,17-18,26,33,42H,11-12,14-16,19-21H2,1-3H3/t26-,33?/m0/s1. The van der Waals surface area contributed by atoms with Crippen molar-refractivity contribution in [3.05, 3.63) is 98.9 Å². The molecule has 0 amide bonds. The largest absolute Gasteiger partial charge is 0.483 e. The Labute approximate surface area is 266 Å². The van der Waals surface area contributed by atoms with E-state index in [0.29, 0.717) is 42.2 Å². The molecule has 45 heavy (non-hydrogen) atoms. The van der Waals surface area contributed by atoms with Crippen molar-refractivity contribution in [1.82, 2.24) is 19.0 Å². The van der Waals surface area contributed by atoms with Gasteiger partial charge in [0.1, 0.15) is 18.2 Å². The van der Waals surface area contributed by atoms with Crippen LogP contribution in [0.2, 0.25) is 5.02 Å². The summed E-state index contributed by atoms with van der Waals surface area (Å²) in [5.41, 5.74) is 2.89. The van der Waals surface area contributed by atoms with Crippen LogP contribution < -0.4 is 10.3 Å². The third kappa shape index (κ3) is 7.31. The van der Waals surface area contributed by atoms with Gasteiger partial charge in [0, 0.05) is 54.2 Å². The van der Waals surface area contributed by atoms with Crippen LogP contribution >= 0.6 is 11.6 Å². The highest BCUT2D eigenvalue weighted by molar-refractivity contribution is 6.30. The van der Waals surface area contributed by atoms with Crippen molar-refractivity contribution in [2.45, 2.75) is 71.3 Å². The van der Waals surface area contributed by atoms with Gasteiger partial charge in [-0.1, -0.05) is 29.8 Å². The molecule has 0 saturated carbocycles. The summed E-state index contributed by atoms with van der Waals surface area (Å²) in [7, 11) is 0. The second kappa shape index (κ2) is 13.1. The molecule has 2 atom stereocenters. The van der Waals surface area contributed by atoms with E-state index in [1.807, 2.05) is 45.0 Å². The molecular formula is C34H38ClFN4O5. The summed E-state index contributed by atoms with van der Waals surface area (Å²) in [6.07, 6.45) is 4.52. The van der Waals surface area contributed by atoms with E-state index in [0.717, 1.165) is 42.1 Å². The molecule has 0 radical (unpaired) electrons. The third-order valence-electron chi connectivity index (χ3n) is 8.04. The molecule has 6 rings (SSSR count). The minimum Gasteiger partial charge on any atom is -0.483 e. The van der Waals surface area contributed by atoms with Gasteiger partial charge in [-0.15, -0.1) is 0 Å². The number of aromatic nitrogens is 3. The van der Waals surface area contributed by atoms with Crippen LogP contribution in [-0.4, -0.2) is 55.5 Å². The van der Waals surface area contributed by atoms with Crippen LogP contribution in [0.3, 0.4) is 0 Å². The molecule has 2 aromatic carbocycles. The lowest BCUT2D eigenvalue weighted by molar-refractivity contribution is -0.169. The molecular weight excluding hydrogens is 599 g/mol. The van der Waals surface area contributed by atoms with Gasteiger partial charge < -0.3 is 23.9 Å². The first-order valence-corrected chi connectivity index (χ1v) is 15.6. The maximum atomic E-state index is 14.2. The average Bonchev–Trinajstić information content (AvgIpc) is 3.30. The molecule has 2 aliphatic heterocycles. The van der Waals surface area contributed by atoms with E-state index in [1.165, 1.54) is 6.07 Å². The van der Waals surface area contributed by atoms with Crippen LogP contribution in [0.1, 0.15) is 56.9 Å². The number of ether oxygens (including phenoxy) is 3. The van der Waals surface area contributed by atoms with Crippen molar-refractivity contribution >= 4 is 28.3 Å². The minimum atomic E-state index is -1.04. The fourth-order valence-electron chi connectivity index (χ4n) is 5.57. The summed E-state index contributed by atoms with van der Waals surface area (Å²) in [5.74, 6) is 0.595. The van der Waals surface area contributed by atoms with Crippen molar-refractivity contribution in [1.29, 1.82) is 0 Å². The van der Waals surface area contributed by atoms with Crippen LogP contribution in [0.5, 0.6) is 5.75 Å². The van der Waals surface area contributed by atoms with Crippen LogP contribution in [-0.2, 0) is 29.2 Å². The fourth-order valence-corrected chi connectivity index (χ4v) is 5.73. The molecule has 1 fully saturated rings. The molecule has 0 aliphatic carbocycles. The number of hydrogen-bond donors (Lipinski definition) is 1. The molecule has 238 valence electrons. The van der Waals surface area contributed by atoms with E-state index in [-0.39, 0.29) is 24.0 Å². The topological polar surface area (TPSA) is 91.0 Å². The number of aliphatic hydroxyl groups excluding tert-OH is 1. The number of rotatable bonds is 10. The zero-order valence-corrected chi connectivity index (χ0v) is 26.5. The first kappa shape index (κ1) is 31.4. The lowest BCUT2D eigenvalue weighted by Crippen LogP contribution is -2.34. The maximum absolute atomic E-state index is 14.2. The van der Waals surface area contributed by atoms with Gasteiger partial charge >= 0.3 is 0 Å². The normalized spacial score (nSPS) is 18.1. The third-order valence-corrected chi connectivity index (χ3v) is 8.27. The summed E-state index contributed by atoms with van der Waals surface area (Å²) in [6, 6.07) is 13.5. The summed E-state index contributed by atoms with van der Waals surface area (Å²) < 4.78 is 35.3. The molecule has 1 N–H and O–H groups in total. The second-order valence-electron chi connectivity index (χ2n) is 12.5. The first-order valence-electron chi connectivity index (χ1n) is 15.2. The minimum absolute atomic E-state index is 0.0773. The number of aliphatic hydroxyl groups is 1. The smallest absolute Gasteiger partial charge is 0.297 e. The van der Waals surface area contributed by atoms with Crippen molar-refractivity contribution in [3.8, 4) is 5.75 Å². The molecule has 1 unspecified atom stereocenters. The number of hydrogen-bond acceptors (Lipinski definition) is 7. The SMILES string of the molecule is CC(C)(C)OC(O)c1ccc2nc(CN3CC=C(n4cccc(OCc5ccc(Cl)cc5F)c4=O)CC3)n(C[C@@H]3CCO3)c2c1. The predicted octanol–water partition coefficient (Wildman–Crippen LogP) is 5.91. The second-order valence-corrected chi connectivity index (χ2v) is 12.9. The van der Waals surface area contributed by atoms with E-state index >= 15 is 0 Å². The first-order chi connectivity index (χ1) is 21.5. The number of pyridine rings is 1. The van der Waals surface area contributed by atoms with Crippen LogP contribution in [0.25, 0.3) is 16.7 Å². The van der Waals surface area contributed by atoms with E-state index < -0.39 is 17.7 Å². The summed E-state index contributed by atoms with van der Waals surface area (Å²) in [5, 5.41) is 11.0. The Bertz CT molecular complexity index is 1770. The van der Waals surface area contributed by atoms with Crippen LogP contribution in [0, 0.1) is 5.82 Å². The summed E-state index contributed by atoms with van der Waals surface area (Å²) in [6.45, 7) is 9.09. The van der Waals surface area contributed by atoms with Gasteiger partial charge in [0.05, 0.1) is 35.8 Å². The maximum Gasteiger partial charge on any atom is 0.297 e. The van der Waals surface area contributed by atoms with Crippen molar-refractivity contribution in [2.75, 3.05) is 19.7 Å². The number of imidazole rings is 1. The molecule has 2 aromatic heterocycles. The Balaban J connectivity index is 1.18. The molecule has 4 heterocycles. The monoisotopic (exact) mass is 636 g/mol. The molecule has 1 saturated heterocycles. The van der Waals surface area contributed by atoms with E-state index in [9.17, 15) is 14.3 Å². The van der Waals surface area contributed by atoms with Gasteiger partial charge in [-0.2, -0.15) is 0 Å². The number of nitrogens with zero attached hydrogens (tertiary/aromatic N) is 4. The molecule has 2 aliphatic rings. The lowest BCUT2D eigenvalue weighted by Gasteiger charge is -2.29. The Morgan fingerprint density at radius 1 is 1.20 bits per heavy atom. The number of fused-ring (bicyclic) bond motifs is 1. The molecule has 11 heteroatoms. The van der Waals surface area contributed by atoms with Crippen molar-refractivity contribution < 1.29 is 23.7 Å². The summed E-state index contributed by atoms with van der Waals surface area (Å²) >= 11 is 5.84. The van der Waals surface area contributed by atoms with Crippen LogP contribution in [0.4, 0.5) is 4.39 Å². The molecule has 0 bridgehead atoms. The van der Waals surface area contributed by atoms with E-state index in [2.05, 4.69) is 9.47 Å². The quantitative estimate of drug-likeness (QED) is 0.216. The molecule has 4 aromatic rings. The summed E-state index contributed by atoms with van der Waals surface area (Å²) in [4.78, 5) is 20.5. The van der Waals surface area contributed by atoms with Gasteiger partial charge in [-0.3, -0.25) is 14.3 Å². The van der Waals surface area contributed by atoms with Gasteiger partial charge in [0.25, 0.3) is 5.56 Å². The zero-order valence-electron chi connectivity index (χ0n) is 25.7. The predicted molar refractivity (Wildman–Crippen MR) is 170 cm³/mol. The lowest BCUT2D eigenvalue weighted by atomic mass is 10.1. The van der Waals surface area contributed by atoms with Gasteiger partial charge in [0.15, 0.2) is 12.0 Å². The van der Waals surface area contributed by atoms with Crippen LogP contribution in [0.15, 0.2) is 65.6 Å². The Morgan fingerprint density at radius 2 is 2.02 bits per heavy atom. The highest BCUT2D eigenvalue weighted by atomic mass is 35.5. The Hall–Kier alpha value is -3.54. The average molecular weight is 637 g/mol. The van der Waals surface area contributed by atoms with Gasteiger partial charge in [-0.05, 0) is 63.6 Å². The fraction of sp³-hybridized carbons (Fsp3) is 0.412. The highest BCUT2D eigenvalue weighted by Gasteiger charge is 2.25. The van der Waals surface area contributed by atoms with Crippen molar-refractivity contribution in [3.63, 3.8) is 0 Å². The zero-order chi connectivity index (χ0) is 31.7. The molecule has 9 nitrogen and oxygen atoms in total. The number of halogens is 2. The van der Waals surface area contributed by atoms with Gasteiger partial charge in [-0.25, -0.2) is 9.37 Å². The van der Waals surface area contributed by atoms with E-state index in [4.69, 9.17) is 30.8 Å². The highest BCUT2D eigenvalue weighted by Crippen LogP contribution is 2.28. The Kier molecular flexibility index (Phi) is 9.12. The van der Waals surface area contributed by atoms with Gasteiger partial charge in [0.2, 0.25) is 0 Å². The van der Waals surface area contributed by atoms with Crippen molar-refractivity contribution in [2.24, 2.45) is 0 Å². The van der Waals surface area contributed by atoms with E-state index in [1.54, 1.807) is 35.0 Å². The molecule has 0 spiro atoms. The number of benzene rings is 2. The Morgan fingerprint density at radius 3 is 2.71 bits per heavy atom.